The molecule has 2 aromatic rings. The maximum Gasteiger partial charge on any atom is 0.226 e. The van der Waals surface area contributed by atoms with Crippen LogP contribution in [-0.2, 0) is 17.6 Å². The van der Waals surface area contributed by atoms with Crippen molar-refractivity contribution in [3.05, 3.63) is 66.0 Å². The number of hydrogen-bond acceptors (Lipinski definition) is 5. The first-order valence-corrected chi connectivity index (χ1v) is 10.9. The molecule has 170 valence electrons. The number of benzene rings is 1. The molecule has 0 unspecified atom stereocenters. The fourth-order valence-corrected chi connectivity index (χ4v) is 3.54. The highest BCUT2D eigenvalue weighted by Gasteiger charge is 2.34. The molecule has 0 aliphatic carbocycles. The number of nitrogens with two attached hydrogens (primary N) is 1. The maximum absolute atomic E-state index is 13.0. The molecule has 1 heterocycles. The standard InChI is InChI=1S/C25H38N4O2/c1-19(30)25(26,18-20-9-7-6-8-10-20)28-16-13-23(2,3)22(31)29-24(4,5)17-21-11-14-27-15-12-21/h6-12,14-15,19,28,30H,13,16-18,26H2,1-5H3,(H,29,31)/t19-,25+/m1/s1. The van der Waals surface area contributed by atoms with Gasteiger partial charge in [-0.05, 0) is 63.4 Å². The summed E-state index contributed by atoms with van der Waals surface area (Å²) in [5.74, 6) is -0.00363. The molecule has 0 spiro atoms. The van der Waals surface area contributed by atoms with Crippen LogP contribution in [0.25, 0.3) is 0 Å². The van der Waals surface area contributed by atoms with Gasteiger partial charge >= 0.3 is 0 Å². The number of hydrogen-bond donors (Lipinski definition) is 4. The van der Waals surface area contributed by atoms with Gasteiger partial charge in [-0.1, -0.05) is 44.2 Å². The molecule has 1 aromatic carbocycles. The summed E-state index contributed by atoms with van der Waals surface area (Å²) in [5.41, 5.74) is 6.75. The van der Waals surface area contributed by atoms with Gasteiger partial charge < -0.3 is 16.2 Å². The topological polar surface area (TPSA) is 100 Å². The van der Waals surface area contributed by atoms with E-state index in [1.165, 1.54) is 0 Å². The fraction of sp³-hybridized carbons (Fsp3) is 0.520. The number of nitrogens with zero attached hydrogens (tertiary/aromatic N) is 1. The van der Waals surface area contributed by atoms with E-state index in [0.717, 1.165) is 17.5 Å². The van der Waals surface area contributed by atoms with Crippen LogP contribution in [0.4, 0.5) is 0 Å². The van der Waals surface area contributed by atoms with Gasteiger partial charge in [-0.25, -0.2) is 0 Å². The summed E-state index contributed by atoms with van der Waals surface area (Å²) < 4.78 is 0. The van der Waals surface area contributed by atoms with Gasteiger partial charge in [-0.2, -0.15) is 0 Å². The molecule has 1 aromatic heterocycles. The fourth-order valence-electron chi connectivity index (χ4n) is 3.54. The number of pyridine rings is 1. The first kappa shape index (κ1) is 25.0. The third-order valence-electron chi connectivity index (χ3n) is 5.75. The highest BCUT2D eigenvalue weighted by Crippen LogP contribution is 2.23. The van der Waals surface area contributed by atoms with Crippen LogP contribution in [0, 0.1) is 5.41 Å². The molecule has 0 saturated carbocycles. The van der Waals surface area contributed by atoms with Crippen LogP contribution in [0.3, 0.4) is 0 Å². The molecule has 0 aliphatic heterocycles. The molecule has 0 fully saturated rings. The molecule has 5 N–H and O–H groups in total. The Morgan fingerprint density at radius 3 is 2.19 bits per heavy atom. The van der Waals surface area contributed by atoms with E-state index < -0.39 is 17.2 Å². The van der Waals surface area contributed by atoms with E-state index in [9.17, 15) is 9.90 Å². The van der Waals surface area contributed by atoms with Crippen molar-refractivity contribution in [1.82, 2.24) is 15.6 Å². The first-order chi connectivity index (χ1) is 14.4. The summed E-state index contributed by atoms with van der Waals surface area (Å²) in [6.45, 7) is 10.1. The van der Waals surface area contributed by atoms with Gasteiger partial charge in [0.15, 0.2) is 0 Å². The molecule has 2 atom stereocenters. The van der Waals surface area contributed by atoms with Crippen LogP contribution in [0.15, 0.2) is 54.9 Å². The molecule has 6 nitrogen and oxygen atoms in total. The number of aliphatic hydroxyl groups excluding tert-OH is 1. The second-order valence-corrected chi connectivity index (χ2v) is 9.81. The normalized spacial score (nSPS) is 15.2. The lowest BCUT2D eigenvalue weighted by molar-refractivity contribution is -0.131. The van der Waals surface area contributed by atoms with E-state index >= 15 is 0 Å². The number of aromatic nitrogens is 1. The van der Waals surface area contributed by atoms with Crippen LogP contribution >= 0.6 is 0 Å². The summed E-state index contributed by atoms with van der Waals surface area (Å²) in [5, 5.41) is 16.8. The first-order valence-electron chi connectivity index (χ1n) is 10.9. The van der Waals surface area contributed by atoms with E-state index in [-0.39, 0.29) is 11.4 Å². The van der Waals surface area contributed by atoms with E-state index in [1.807, 2.05) is 70.2 Å². The van der Waals surface area contributed by atoms with E-state index in [0.29, 0.717) is 19.4 Å². The Morgan fingerprint density at radius 2 is 1.61 bits per heavy atom. The zero-order valence-corrected chi connectivity index (χ0v) is 19.5. The van der Waals surface area contributed by atoms with Gasteiger partial charge in [0.1, 0.15) is 0 Å². The van der Waals surface area contributed by atoms with Gasteiger partial charge in [-0.3, -0.25) is 15.1 Å². The lowest BCUT2D eigenvalue weighted by Gasteiger charge is -2.36. The SMILES string of the molecule is C[C@@H](O)[C@](N)(Cc1ccccc1)NCCC(C)(C)C(=O)NC(C)(C)Cc1ccncc1. The quantitative estimate of drug-likeness (QED) is 0.414. The van der Waals surface area contributed by atoms with E-state index in [1.54, 1.807) is 19.3 Å². The molecular weight excluding hydrogens is 388 g/mol. The number of carbonyl (C=O) groups is 1. The van der Waals surface area contributed by atoms with Crippen LogP contribution in [0.1, 0.15) is 52.2 Å². The number of rotatable bonds is 11. The Kier molecular flexibility index (Phi) is 8.34. The van der Waals surface area contributed by atoms with E-state index in [4.69, 9.17) is 5.73 Å². The van der Waals surface area contributed by atoms with Gasteiger partial charge in [0.25, 0.3) is 0 Å². The van der Waals surface area contributed by atoms with Crippen molar-refractivity contribution in [3.63, 3.8) is 0 Å². The number of carbonyl (C=O) groups excluding carboxylic acids is 1. The van der Waals surface area contributed by atoms with Gasteiger partial charge in [-0.15, -0.1) is 0 Å². The molecule has 0 aliphatic rings. The summed E-state index contributed by atoms with van der Waals surface area (Å²) >= 11 is 0. The van der Waals surface area contributed by atoms with Crippen molar-refractivity contribution in [2.45, 2.75) is 71.2 Å². The molecule has 6 heteroatoms. The largest absolute Gasteiger partial charge is 0.390 e. The average molecular weight is 427 g/mol. The van der Waals surface area contributed by atoms with Gasteiger partial charge in [0.05, 0.1) is 11.8 Å². The number of amides is 1. The zero-order valence-electron chi connectivity index (χ0n) is 19.5. The predicted octanol–water partition coefficient (Wildman–Crippen LogP) is 2.80. The Balaban J connectivity index is 1.93. The Hall–Kier alpha value is -2.28. The number of nitrogens with one attached hydrogen (secondary N) is 2. The van der Waals surface area contributed by atoms with Crippen LogP contribution < -0.4 is 16.4 Å². The molecule has 31 heavy (non-hydrogen) atoms. The third-order valence-corrected chi connectivity index (χ3v) is 5.75. The third kappa shape index (κ3) is 7.73. The highest BCUT2D eigenvalue weighted by atomic mass is 16.3. The zero-order chi connectivity index (χ0) is 23.1. The molecule has 1 amide bonds. The predicted molar refractivity (Wildman–Crippen MR) is 125 cm³/mol. The summed E-state index contributed by atoms with van der Waals surface area (Å²) in [6, 6.07) is 13.8. The molecule has 0 bridgehead atoms. The minimum Gasteiger partial charge on any atom is -0.390 e. The second kappa shape index (κ2) is 10.4. The van der Waals surface area contributed by atoms with Crippen LogP contribution in [0.2, 0.25) is 0 Å². The second-order valence-electron chi connectivity index (χ2n) is 9.81. The maximum atomic E-state index is 13.0. The van der Waals surface area contributed by atoms with Crippen LogP contribution in [0.5, 0.6) is 0 Å². The van der Waals surface area contributed by atoms with Gasteiger partial charge in [0, 0.05) is 29.8 Å². The molecule has 2 rings (SSSR count). The Bertz CT molecular complexity index is 822. The summed E-state index contributed by atoms with van der Waals surface area (Å²) in [7, 11) is 0. The van der Waals surface area contributed by atoms with Crippen molar-refractivity contribution >= 4 is 5.91 Å². The minimum atomic E-state index is -0.964. The van der Waals surface area contributed by atoms with Crippen molar-refractivity contribution in [1.29, 1.82) is 0 Å². The molecular formula is C25H38N4O2. The van der Waals surface area contributed by atoms with Crippen molar-refractivity contribution < 1.29 is 9.90 Å². The van der Waals surface area contributed by atoms with Crippen LogP contribution in [-0.4, -0.2) is 39.8 Å². The summed E-state index contributed by atoms with van der Waals surface area (Å²) in [6.07, 6.45) is 4.59. The Morgan fingerprint density at radius 1 is 1.03 bits per heavy atom. The van der Waals surface area contributed by atoms with Gasteiger partial charge in [0.2, 0.25) is 5.91 Å². The lowest BCUT2D eigenvalue weighted by Crippen LogP contribution is -2.63. The lowest BCUT2D eigenvalue weighted by atomic mass is 9.85. The molecule has 0 saturated heterocycles. The number of aliphatic hydroxyl groups is 1. The minimum absolute atomic E-state index is 0.00363. The Labute approximate surface area is 186 Å². The molecule has 0 radical (unpaired) electrons. The van der Waals surface area contributed by atoms with Crippen molar-refractivity contribution in [2.75, 3.05) is 6.54 Å². The average Bonchev–Trinajstić information content (AvgIpc) is 2.68. The smallest absolute Gasteiger partial charge is 0.226 e. The van der Waals surface area contributed by atoms with E-state index in [2.05, 4.69) is 15.6 Å². The summed E-state index contributed by atoms with van der Waals surface area (Å²) in [4.78, 5) is 17.1. The van der Waals surface area contributed by atoms with Crippen molar-refractivity contribution in [3.8, 4) is 0 Å². The van der Waals surface area contributed by atoms with Crippen molar-refractivity contribution in [2.24, 2.45) is 11.1 Å². The monoisotopic (exact) mass is 426 g/mol. The highest BCUT2D eigenvalue weighted by molar-refractivity contribution is 5.82.